The van der Waals surface area contributed by atoms with Crippen LogP contribution in [0, 0.1) is 12.7 Å². The second-order valence-corrected chi connectivity index (χ2v) is 7.20. The molecule has 0 radical (unpaired) electrons. The van der Waals surface area contributed by atoms with Crippen molar-refractivity contribution in [1.29, 1.82) is 0 Å². The normalized spacial score (nSPS) is 12.3. The monoisotopic (exact) mass is 423 g/mol. The van der Waals surface area contributed by atoms with E-state index in [1.807, 2.05) is 0 Å². The molecule has 8 heteroatoms. The lowest BCUT2D eigenvalue weighted by atomic mass is 9.94. The number of halogens is 3. The topological polar surface area (TPSA) is 79.5 Å². The molecule has 0 aliphatic carbocycles. The van der Waals surface area contributed by atoms with E-state index in [-0.39, 0.29) is 27.5 Å². The number of aromatic nitrogens is 1. The number of nitrogens with zero attached hydrogens (tertiary/aromatic N) is 1. The van der Waals surface area contributed by atoms with Crippen molar-refractivity contribution in [3.63, 3.8) is 0 Å². The molecular weight excluding hydrogens is 408 g/mol. The van der Waals surface area contributed by atoms with E-state index in [1.54, 1.807) is 13.8 Å². The van der Waals surface area contributed by atoms with Gasteiger partial charge in [-0.15, -0.1) is 0 Å². The van der Waals surface area contributed by atoms with Crippen LogP contribution in [0.1, 0.15) is 40.9 Å². The number of carboxylic acid groups (broad SMARTS) is 1. The third-order valence-electron chi connectivity index (χ3n) is 4.75. The minimum Gasteiger partial charge on any atom is -0.505 e. The highest BCUT2D eigenvalue weighted by atomic mass is 35.5. The Morgan fingerprint density at radius 1 is 1.18 bits per heavy atom. The fourth-order valence-electron chi connectivity index (χ4n) is 3.41. The largest absolute Gasteiger partial charge is 0.505 e. The number of carboxylic acids is 1. The van der Waals surface area contributed by atoms with Gasteiger partial charge in [-0.05, 0) is 43.2 Å². The second-order valence-electron chi connectivity index (χ2n) is 6.39. The Morgan fingerprint density at radius 2 is 1.86 bits per heavy atom. The first-order valence-corrected chi connectivity index (χ1v) is 9.18. The van der Waals surface area contributed by atoms with Gasteiger partial charge in [-0.2, -0.15) is 0 Å². The smallest absolute Gasteiger partial charge is 0.311 e. The molecule has 1 heterocycles. The van der Waals surface area contributed by atoms with E-state index in [9.17, 15) is 24.2 Å². The van der Waals surface area contributed by atoms with Gasteiger partial charge in [-0.25, -0.2) is 4.39 Å². The lowest BCUT2D eigenvalue weighted by Gasteiger charge is -2.12. The van der Waals surface area contributed by atoms with Gasteiger partial charge in [0.15, 0.2) is 11.6 Å². The first-order valence-electron chi connectivity index (χ1n) is 8.43. The molecule has 0 aliphatic heterocycles. The van der Waals surface area contributed by atoms with Gasteiger partial charge in [0.25, 0.3) is 5.91 Å². The van der Waals surface area contributed by atoms with Crippen molar-refractivity contribution in [2.24, 2.45) is 0 Å². The lowest BCUT2D eigenvalue weighted by molar-refractivity contribution is -0.138. The molecule has 0 saturated heterocycles. The predicted molar refractivity (Wildman–Crippen MR) is 105 cm³/mol. The number of fused-ring (bicyclic) bond motifs is 1. The Morgan fingerprint density at radius 3 is 2.43 bits per heavy atom. The summed E-state index contributed by atoms with van der Waals surface area (Å²) in [6.07, 6.45) is 0.258. The maximum Gasteiger partial charge on any atom is 0.311 e. The van der Waals surface area contributed by atoms with Crippen LogP contribution in [0.5, 0.6) is 5.75 Å². The van der Waals surface area contributed by atoms with Gasteiger partial charge < -0.3 is 10.2 Å². The van der Waals surface area contributed by atoms with Gasteiger partial charge in [-0.3, -0.25) is 14.2 Å². The van der Waals surface area contributed by atoms with Crippen molar-refractivity contribution < 1.29 is 24.2 Å². The zero-order chi connectivity index (χ0) is 20.7. The molecule has 146 valence electrons. The van der Waals surface area contributed by atoms with E-state index >= 15 is 0 Å². The molecular formula is C20H16Cl2FNO4. The highest BCUT2D eigenvalue weighted by Gasteiger charge is 2.29. The van der Waals surface area contributed by atoms with Crippen LogP contribution in [0.25, 0.3) is 10.9 Å². The van der Waals surface area contributed by atoms with Crippen LogP contribution in [-0.4, -0.2) is 26.7 Å². The summed E-state index contributed by atoms with van der Waals surface area (Å²) in [7, 11) is 0. The summed E-state index contributed by atoms with van der Waals surface area (Å²) in [5.41, 5.74) is 1.08. The first kappa shape index (κ1) is 20.2. The molecule has 28 heavy (non-hydrogen) atoms. The van der Waals surface area contributed by atoms with Crippen molar-refractivity contribution in [1.82, 2.24) is 4.57 Å². The van der Waals surface area contributed by atoms with Crippen molar-refractivity contribution in [2.75, 3.05) is 0 Å². The zero-order valence-corrected chi connectivity index (χ0v) is 16.5. The van der Waals surface area contributed by atoms with Crippen LogP contribution in [0.2, 0.25) is 10.0 Å². The minimum atomic E-state index is -1.07. The number of benzene rings is 2. The Kier molecular flexibility index (Phi) is 5.37. The SMILES string of the molecule is CC[C@H](C(=O)O)c1c(C)n(C(=O)c2ccc(Cl)c(Cl)c2)c2cc(F)c(O)cc12. The van der Waals surface area contributed by atoms with E-state index in [0.29, 0.717) is 16.6 Å². The Hall–Kier alpha value is -2.57. The molecule has 0 fully saturated rings. The van der Waals surface area contributed by atoms with Crippen LogP contribution in [-0.2, 0) is 4.79 Å². The van der Waals surface area contributed by atoms with Crippen molar-refractivity contribution in [3.05, 3.63) is 63.0 Å². The fourth-order valence-corrected chi connectivity index (χ4v) is 3.71. The van der Waals surface area contributed by atoms with Crippen LogP contribution in [0.15, 0.2) is 30.3 Å². The molecule has 1 aromatic heterocycles. The van der Waals surface area contributed by atoms with E-state index in [2.05, 4.69) is 0 Å². The quantitative estimate of drug-likeness (QED) is 0.591. The van der Waals surface area contributed by atoms with Crippen molar-refractivity contribution in [3.8, 4) is 5.75 Å². The van der Waals surface area contributed by atoms with E-state index in [0.717, 1.165) is 12.1 Å². The van der Waals surface area contributed by atoms with Gasteiger partial charge in [0, 0.05) is 22.7 Å². The number of hydrogen-bond acceptors (Lipinski definition) is 3. The van der Waals surface area contributed by atoms with Crippen molar-refractivity contribution in [2.45, 2.75) is 26.2 Å². The highest BCUT2D eigenvalue weighted by molar-refractivity contribution is 6.42. The number of phenols is 1. The third kappa shape index (κ3) is 3.23. The number of aliphatic carboxylic acids is 1. The standard InChI is InChI=1S/C20H16Cl2FNO4/c1-3-11(20(27)28)18-9(2)24(16-8-15(23)17(25)7-12(16)18)19(26)10-4-5-13(21)14(22)6-10/h4-8,11,25H,3H2,1-2H3,(H,27,28)/t11-/m0/s1. The van der Waals surface area contributed by atoms with Gasteiger partial charge in [0.05, 0.1) is 21.5 Å². The molecule has 2 aromatic carbocycles. The molecule has 0 spiro atoms. The van der Waals surface area contributed by atoms with Gasteiger partial charge in [-0.1, -0.05) is 30.1 Å². The number of phenolic OH excluding ortho intramolecular Hbond substituents is 1. The molecule has 0 saturated carbocycles. The van der Waals surface area contributed by atoms with Gasteiger partial charge >= 0.3 is 5.97 Å². The van der Waals surface area contributed by atoms with E-state index in [1.165, 1.54) is 22.8 Å². The average Bonchev–Trinajstić information content (AvgIpc) is 2.89. The number of carbonyl (C=O) groups excluding carboxylic acids is 1. The second kappa shape index (κ2) is 7.45. The Balaban J connectivity index is 2.34. The zero-order valence-electron chi connectivity index (χ0n) is 15.0. The van der Waals surface area contributed by atoms with Crippen LogP contribution >= 0.6 is 23.2 Å². The summed E-state index contributed by atoms with van der Waals surface area (Å²) >= 11 is 11.9. The summed E-state index contributed by atoms with van der Waals surface area (Å²) < 4.78 is 15.3. The molecule has 1 atom stereocenters. The summed E-state index contributed by atoms with van der Waals surface area (Å²) in [6, 6.07) is 6.51. The molecule has 3 aromatic rings. The highest BCUT2D eigenvalue weighted by Crippen LogP contribution is 2.37. The van der Waals surface area contributed by atoms with Crippen molar-refractivity contribution >= 4 is 46.0 Å². The number of aromatic hydroxyl groups is 1. The first-order chi connectivity index (χ1) is 13.2. The number of hydrogen-bond donors (Lipinski definition) is 2. The average molecular weight is 424 g/mol. The van der Waals surface area contributed by atoms with Gasteiger partial charge in [0.1, 0.15) is 0 Å². The fraction of sp³-hybridized carbons (Fsp3) is 0.200. The molecule has 3 rings (SSSR count). The Labute approximate surface area is 169 Å². The maximum atomic E-state index is 14.1. The van der Waals surface area contributed by atoms with Gasteiger partial charge in [0.2, 0.25) is 0 Å². The van der Waals surface area contributed by atoms with Crippen LogP contribution in [0.3, 0.4) is 0 Å². The number of carbonyl (C=O) groups is 2. The minimum absolute atomic E-state index is 0.165. The number of rotatable bonds is 4. The summed E-state index contributed by atoms with van der Waals surface area (Å²) in [6.45, 7) is 3.29. The van der Waals surface area contributed by atoms with E-state index in [4.69, 9.17) is 23.2 Å². The molecule has 0 unspecified atom stereocenters. The third-order valence-corrected chi connectivity index (χ3v) is 5.48. The lowest BCUT2D eigenvalue weighted by Crippen LogP contribution is -2.16. The molecule has 0 aliphatic rings. The Bertz CT molecular complexity index is 1120. The van der Waals surface area contributed by atoms with Crippen LogP contribution < -0.4 is 0 Å². The molecule has 0 bridgehead atoms. The predicted octanol–water partition coefficient (Wildman–Crippen LogP) is 5.37. The maximum absolute atomic E-state index is 14.1. The summed E-state index contributed by atoms with van der Waals surface area (Å²) in [5.74, 6) is -4.04. The molecule has 2 N–H and O–H groups in total. The van der Waals surface area contributed by atoms with E-state index < -0.39 is 29.4 Å². The summed E-state index contributed by atoms with van der Waals surface area (Å²) in [5, 5.41) is 20.2. The summed E-state index contributed by atoms with van der Waals surface area (Å²) in [4.78, 5) is 24.9. The molecule has 5 nitrogen and oxygen atoms in total. The van der Waals surface area contributed by atoms with Crippen LogP contribution in [0.4, 0.5) is 4.39 Å². The molecule has 0 amide bonds.